The smallest absolute Gasteiger partial charge is 0.245 e. The highest BCUT2D eigenvalue weighted by Gasteiger charge is 2.28. The van der Waals surface area contributed by atoms with E-state index in [0.717, 1.165) is 34.2 Å². The minimum atomic E-state index is -0.562. The number of rotatable bonds is 11. The van der Waals surface area contributed by atoms with E-state index >= 15 is 0 Å². The standard InChI is InChI=1S/C23H28BrN3O4/c1-25(15-17-7-10-19(31-4)11-8-17)23(30)21(6-5-13-28)27(3)20-12-9-18(24)14-22(20)26(2)16-29/h7-14,16,21H,5-6,15H2,1-4H3. The molecule has 0 aliphatic carbocycles. The van der Waals surface area contributed by atoms with Crippen LogP contribution in [0.3, 0.4) is 0 Å². The van der Waals surface area contributed by atoms with Gasteiger partial charge >= 0.3 is 0 Å². The SMILES string of the molecule is COc1ccc(CN(C)C(=O)C(CCC=O)N(C)c2ccc(Br)cc2N(C)C=O)cc1. The van der Waals surface area contributed by atoms with Crippen molar-refractivity contribution in [2.24, 2.45) is 0 Å². The lowest BCUT2D eigenvalue weighted by atomic mass is 10.1. The molecule has 2 aromatic rings. The second-order valence-electron chi connectivity index (χ2n) is 7.26. The Morgan fingerprint density at radius 2 is 1.74 bits per heavy atom. The molecule has 0 saturated carbocycles. The maximum Gasteiger partial charge on any atom is 0.245 e. The summed E-state index contributed by atoms with van der Waals surface area (Å²) in [5.74, 6) is 0.645. The molecule has 0 spiro atoms. The molecule has 1 unspecified atom stereocenters. The lowest BCUT2D eigenvalue weighted by molar-refractivity contribution is -0.132. The first kappa shape index (κ1) is 24.4. The number of nitrogens with zero attached hydrogens (tertiary/aromatic N) is 3. The highest BCUT2D eigenvalue weighted by atomic mass is 79.9. The molecule has 0 heterocycles. The van der Waals surface area contributed by atoms with Gasteiger partial charge in [0.05, 0.1) is 18.5 Å². The molecule has 7 nitrogen and oxygen atoms in total. The molecule has 2 rings (SSSR count). The van der Waals surface area contributed by atoms with Gasteiger partial charge in [-0.1, -0.05) is 28.1 Å². The van der Waals surface area contributed by atoms with E-state index in [1.54, 1.807) is 33.2 Å². The molecule has 2 aromatic carbocycles. The number of likely N-dealkylation sites (N-methyl/N-ethyl adjacent to an activating group) is 2. The fraction of sp³-hybridized carbons (Fsp3) is 0.348. The lowest BCUT2D eigenvalue weighted by Crippen LogP contribution is -2.46. The molecular formula is C23H28BrN3O4. The van der Waals surface area contributed by atoms with Crippen molar-refractivity contribution in [3.63, 3.8) is 0 Å². The summed E-state index contributed by atoms with van der Waals surface area (Å²) in [6.45, 7) is 0.426. The number of ether oxygens (including phenoxy) is 1. The van der Waals surface area contributed by atoms with Gasteiger partial charge in [-0.3, -0.25) is 9.59 Å². The quantitative estimate of drug-likeness (QED) is 0.451. The van der Waals surface area contributed by atoms with Gasteiger partial charge in [0.25, 0.3) is 0 Å². The summed E-state index contributed by atoms with van der Waals surface area (Å²) in [7, 11) is 6.81. The molecule has 8 heteroatoms. The second kappa shape index (κ2) is 11.5. The van der Waals surface area contributed by atoms with E-state index in [1.807, 2.05) is 47.4 Å². The summed E-state index contributed by atoms with van der Waals surface area (Å²) in [6.07, 6.45) is 2.16. The van der Waals surface area contributed by atoms with Gasteiger partial charge in [-0.25, -0.2) is 0 Å². The van der Waals surface area contributed by atoms with Crippen molar-refractivity contribution in [1.29, 1.82) is 0 Å². The number of benzene rings is 2. The number of methoxy groups -OCH3 is 1. The Kier molecular flexibility index (Phi) is 9.05. The predicted octanol–water partition coefficient (Wildman–Crippen LogP) is 3.49. The zero-order valence-corrected chi connectivity index (χ0v) is 19.8. The summed E-state index contributed by atoms with van der Waals surface area (Å²) >= 11 is 3.43. The first-order valence-electron chi connectivity index (χ1n) is 9.84. The predicted molar refractivity (Wildman–Crippen MR) is 126 cm³/mol. The van der Waals surface area contributed by atoms with Crippen molar-refractivity contribution in [3.05, 3.63) is 52.5 Å². The van der Waals surface area contributed by atoms with Gasteiger partial charge in [-0.15, -0.1) is 0 Å². The molecule has 2 amide bonds. The fourth-order valence-corrected chi connectivity index (χ4v) is 3.70. The molecular weight excluding hydrogens is 462 g/mol. The first-order valence-corrected chi connectivity index (χ1v) is 10.6. The van der Waals surface area contributed by atoms with E-state index in [9.17, 15) is 14.4 Å². The van der Waals surface area contributed by atoms with Crippen molar-refractivity contribution in [2.45, 2.75) is 25.4 Å². The zero-order chi connectivity index (χ0) is 23.0. The molecule has 0 bridgehead atoms. The second-order valence-corrected chi connectivity index (χ2v) is 8.18. The number of halogens is 1. The van der Waals surface area contributed by atoms with Gasteiger partial charge in [0.1, 0.15) is 18.1 Å². The van der Waals surface area contributed by atoms with Crippen LogP contribution in [0.15, 0.2) is 46.9 Å². The van der Waals surface area contributed by atoms with Crippen LogP contribution in [0.25, 0.3) is 0 Å². The minimum Gasteiger partial charge on any atom is -0.497 e. The van der Waals surface area contributed by atoms with Crippen LogP contribution in [-0.4, -0.2) is 57.8 Å². The summed E-state index contributed by atoms with van der Waals surface area (Å²) in [5.41, 5.74) is 2.35. The largest absolute Gasteiger partial charge is 0.497 e. The Morgan fingerprint density at radius 1 is 1.06 bits per heavy atom. The maximum absolute atomic E-state index is 13.4. The number of anilines is 2. The van der Waals surface area contributed by atoms with E-state index in [1.165, 1.54) is 4.90 Å². The minimum absolute atomic E-state index is 0.109. The number of carbonyl (C=O) groups excluding carboxylic acids is 3. The summed E-state index contributed by atoms with van der Waals surface area (Å²) in [6, 6.07) is 12.5. The molecule has 31 heavy (non-hydrogen) atoms. The van der Waals surface area contributed by atoms with E-state index < -0.39 is 6.04 Å². The Bertz CT molecular complexity index is 904. The Hall–Kier alpha value is -2.87. The summed E-state index contributed by atoms with van der Waals surface area (Å²) in [5, 5.41) is 0. The van der Waals surface area contributed by atoms with Gasteiger partial charge in [0.2, 0.25) is 12.3 Å². The van der Waals surface area contributed by atoms with Crippen molar-refractivity contribution in [2.75, 3.05) is 38.1 Å². The van der Waals surface area contributed by atoms with E-state index in [0.29, 0.717) is 18.7 Å². The average Bonchev–Trinajstić information content (AvgIpc) is 2.78. The van der Waals surface area contributed by atoms with Crippen molar-refractivity contribution in [3.8, 4) is 5.75 Å². The highest BCUT2D eigenvalue weighted by Crippen LogP contribution is 2.33. The van der Waals surface area contributed by atoms with Gasteiger partial charge in [0, 0.05) is 38.6 Å². The van der Waals surface area contributed by atoms with Gasteiger partial charge in [-0.2, -0.15) is 0 Å². The Morgan fingerprint density at radius 3 is 2.32 bits per heavy atom. The number of hydrogen-bond acceptors (Lipinski definition) is 5. The monoisotopic (exact) mass is 489 g/mol. The lowest BCUT2D eigenvalue weighted by Gasteiger charge is -2.34. The van der Waals surface area contributed by atoms with Crippen LogP contribution in [0.1, 0.15) is 18.4 Å². The van der Waals surface area contributed by atoms with Crippen LogP contribution < -0.4 is 14.5 Å². The van der Waals surface area contributed by atoms with Gasteiger partial charge in [0.15, 0.2) is 0 Å². The number of amides is 2. The third-order valence-corrected chi connectivity index (χ3v) is 5.61. The molecule has 0 aliphatic heterocycles. The topological polar surface area (TPSA) is 70.2 Å². The summed E-state index contributed by atoms with van der Waals surface area (Å²) in [4.78, 5) is 40.7. The maximum atomic E-state index is 13.4. The molecule has 0 saturated heterocycles. The number of hydrogen-bond donors (Lipinski definition) is 0. The molecule has 0 radical (unpaired) electrons. The van der Waals surface area contributed by atoms with Crippen LogP contribution in [-0.2, 0) is 20.9 Å². The summed E-state index contributed by atoms with van der Waals surface area (Å²) < 4.78 is 6.00. The van der Waals surface area contributed by atoms with Gasteiger partial charge < -0.3 is 24.2 Å². The number of carbonyl (C=O) groups is 3. The van der Waals surface area contributed by atoms with E-state index in [4.69, 9.17) is 4.74 Å². The molecule has 0 aliphatic rings. The molecule has 0 aromatic heterocycles. The highest BCUT2D eigenvalue weighted by molar-refractivity contribution is 9.10. The Balaban J connectivity index is 2.29. The third kappa shape index (κ3) is 6.30. The normalized spacial score (nSPS) is 11.4. The Labute approximate surface area is 191 Å². The third-order valence-electron chi connectivity index (χ3n) is 5.12. The molecule has 1 atom stereocenters. The van der Waals surface area contributed by atoms with Crippen LogP contribution in [0.5, 0.6) is 5.75 Å². The average molecular weight is 490 g/mol. The molecule has 0 N–H and O–H groups in total. The van der Waals surface area contributed by atoms with Crippen LogP contribution in [0.2, 0.25) is 0 Å². The van der Waals surface area contributed by atoms with E-state index in [2.05, 4.69) is 15.9 Å². The van der Waals surface area contributed by atoms with E-state index in [-0.39, 0.29) is 12.3 Å². The molecule has 0 fully saturated rings. The van der Waals surface area contributed by atoms with Crippen molar-refractivity contribution in [1.82, 2.24) is 4.90 Å². The van der Waals surface area contributed by atoms with Crippen molar-refractivity contribution >= 4 is 45.9 Å². The zero-order valence-electron chi connectivity index (χ0n) is 18.2. The first-order chi connectivity index (χ1) is 14.8. The van der Waals surface area contributed by atoms with Crippen LogP contribution in [0.4, 0.5) is 11.4 Å². The molecule has 166 valence electrons. The van der Waals surface area contributed by atoms with Crippen LogP contribution in [0, 0.1) is 0 Å². The van der Waals surface area contributed by atoms with Gasteiger partial charge in [-0.05, 0) is 42.3 Å². The van der Waals surface area contributed by atoms with Crippen molar-refractivity contribution < 1.29 is 19.1 Å². The number of aldehydes is 1. The van der Waals surface area contributed by atoms with Crippen LogP contribution >= 0.6 is 15.9 Å². The fourth-order valence-electron chi connectivity index (χ4n) is 3.35.